The lowest BCUT2D eigenvalue weighted by Crippen LogP contribution is -2.32. The minimum absolute atomic E-state index is 0.0271. The molecular formula is C23H22N6O4S. The van der Waals surface area contributed by atoms with Crippen LogP contribution in [0.4, 0.5) is 5.69 Å². The molecule has 0 aliphatic carbocycles. The molecule has 3 heterocycles. The molecule has 0 saturated carbocycles. The first-order chi connectivity index (χ1) is 16.3. The van der Waals surface area contributed by atoms with Gasteiger partial charge in [-0.1, -0.05) is 19.0 Å². The van der Waals surface area contributed by atoms with E-state index in [0.717, 1.165) is 0 Å². The predicted octanol–water partition coefficient (Wildman–Crippen LogP) is 3.45. The minimum atomic E-state index is -3.81. The number of rotatable bonds is 8. The van der Waals surface area contributed by atoms with E-state index >= 15 is 0 Å². The molecule has 0 radical (unpaired) electrons. The summed E-state index contributed by atoms with van der Waals surface area (Å²) in [4.78, 5) is 25.2. The van der Waals surface area contributed by atoms with E-state index in [4.69, 9.17) is 4.52 Å². The second-order valence-corrected chi connectivity index (χ2v) is 9.44. The third kappa shape index (κ3) is 5.26. The van der Waals surface area contributed by atoms with Gasteiger partial charge in [0.2, 0.25) is 11.7 Å². The Morgan fingerprint density at radius 3 is 2.35 bits per heavy atom. The van der Waals surface area contributed by atoms with Crippen molar-refractivity contribution < 1.29 is 17.7 Å². The van der Waals surface area contributed by atoms with Crippen molar-refractivity contribution in [3.8, 4) is 11.4 Å². The van der Waals surface area contributed by atoms with E-state index in [9.17, 15) is 13.2 Å². The maximum Gasteiger partial charge on any atom is 0.261 e. The highest BCUT2D eigenvalue weighted by molar-refractivity contribution is 7.92. The van der Waals surface area contributed by atoms with Crippen LogP contribution in [0.25, 0.3) is 11.4 Å². The van der Waals surface area contributed by atoms with Gasteiger partial charge in [-0.25, -0.2) is 8.42 Å². The summed E-state index contributed by atoms with van der Waals surface area (Å²) in [6.07, 6.45) is 6.24. The van der Waals surface area contributed by atoms with Crippen molar-refractivity contribution in [2.45, 2.75) is 24.8 Å². The summed E-state index contributed by atoms with van der Waals surface area (Å²) in [6, 6.07) is 11.8. The number of aromatic nitrogens is 4. The lowest BCUT2D eigenvalue weighted by molar-refractivity contribution is 0.0914. The van der Waals surface area contributed by atoms with Crippen LogP contribution >= 0.6 is 0 Å². The molecule has 1 aromatic carbocycles. The van der Waals surface area contributed by atoms with Gasteiger partial charge >= 0.3 is 0 Å². The van der Waals surface area contributed by atoms with Crippen molar-refractivity contribution in [3.05, 3.63) is 84.8 Å². The molecule has 0 spiro atoms. The topological polar surface area (TPSA) is 140 Å². The summed E-state index contributed by atoms with van der Waals surface area (Å²) in [5.74, 6) is 0.198. The van der Waals surface area contributed by atoms with Gasteiger partial charge in [0, 0.05) is 35.9 Å². The van der Waals surface area contributed by atoms with E-state index in [1.54, 1.807) is 30.6 Å². The smallest absolute Gasteiger partial charge is 0.261 e. The van der Waals surface area contributed by atoms with Crippen molar-refractivity contribution in [2.75, 3.05) is 4.72 Å². The number of hydrogen-bond acceptors (Lipinski definition) is 8. The first kappa shape index (κ1) is 23.1. The summed E-state index contributed by atoms with van der Waals surface area (Å²) in [5, 5.41) is 6.88. The van der Waals surface area contributed by atoms with Crippen molar-refractivity contribution in [1.82, 2.24) is 25.4 Å². The van der Waals surface area contributed by atoms with Crippen molar-refractivity contribution in [2.24, 2.45) is 5.92 Å². The summed E-state index contributed by atoms with van der Waals surface area (Å²) >= 11 is 0. The molecule has 4 rings (SSSR count). The third-order valence-electron chi connectivity index (χ3n) is 4.94. The van der Waals surface area contributed by atoms with E-state index in [-0.39, 0.29) is 16.7 Å². The zero-order valence-electron chi connectivity index (χ0n) is 18.4. The third-order valence-corrected chi connectivity index (χ3v) is 6.34. The van der Waals surface area contributed by atoms with Gasteiger partial charge in [-0.2, -0.15) is 4.98 Å². The van der Waals surface area contributed by atoms with Crippen LogP contribution in [0.1, 0.15) is 36.1 Å². The van der Waals surface area contributed by atoms with Crippen LogP contribution in [0.2, 0.25) is 0 Å². The van der Waals surface area contributed by atoms with Gasteiger partial charge < -0.3 is 9.84 Å². The second-order valence-electron chi connectivity index (χ2n) is 7.76. The van der Waals surface area contributed by atoms with Gasteiger partial charge in [-0.05, 0) is 54.4 Å². The molecule has 0 saturated heterocycles. The summed E-state index contributed by atoms with van der Waals surface area (Å²) in [7, 11) is -3.81. The van der Waals surface area contributed by atoms with Crippen LogP contribution in [0.3, 0.4) is 0 Å². The first-order valence-electron chi connectivity index (χ1n) is 10.4. The summed E-state index contributed by atoms with van der Waals surface area (Å²) < 4.78 is 33.1. The Labute approximate surface area is 196 Å². The molecular weight excluding hydrogens is 456 g/mol. The Morgan fingerprint density at radius 2 is 1.71 bits per heavy atom. The predicted molar refractivity (Wildman–Crippen MR) is 124 cm³/mol. The van der Waals surface area contributed by atoms with Gasteiger partial charge in [-0.3, -0.25) is 19.5 Å². The lowest BCUT2D eigenvalue weighted by Gasteiger charge is -2.18. The lowest BCUT2D eigenvalue weighted by atomic mass is 10.0. The highest BCUT2D eigenvalue weighted by Crippen LogP contribution is 2.24. The van der Waals surface area contributed by atoms with E-state index < -0.39 is 22.0 Å². The van der Waals surface area contributed by atoms with Crippen molar-refractivity contribution in [3.63, 3.8) is 0 Å². The van der Waals surface area contributed by atoms with Crippen molar-refractivity contribution in [1.29, 1.82) is 0 Å². The highest BCUT2D eigenvalue weighted by atomic mass is 32.2. The number of benzene rings is 1. The van der Waals surface area contributed by atoms with Gasteiger partial charge in [-0.15, -0.1) is 0 Å². The number of nitrogens with zero attached hydrogens (tertiary/aromatic N) is 4. The molecule has 34 heavy (non-hydrogen) atoms. The zero-order chi connectivity index (χ0) is 24.1. The highest BCUT2D eigenvalue weighted by Gasteiger charge is 2.26. The molecule has 0 aliphatic heterocycles. The molecule has 0 aliphatic rings. The largest absolute Gasteiger partial charge is 0.340 e. The molecule has 4 aromatic rings. The number of anilines is 1. The SMILES string of the molecule is CC(C)C(NC(=O)c1ccc(S(=O)(=O)Nc2ccncc2)cc1)c1nc(-c2cccnc2)no1. The number of sulfonamides is 1. The maximum atomic E-state index is 12.9. The molecule has 174 valence electrons. The number of carbonyl (C=O) groups is 1. The normalized spacial score (nSPS) is 12.3. The standard InChI is InChI=1S/C23H22N6O4S/c1-15(2)20(23-27-21(28-33-23)17-4-3-11-25-14-17)26-22(30)16-5-7-19(8-6-16)34(31,32)29-18-9-12-24-13-10-18/h3-15,20H,1-2H3,(H,24,29)(H,26,30). The van der Waals surface area contributed by atoms with Crippen LogP contribution in [0.15, 0.2) is 82.7 Å². The van der Waals surface area contributed by atoms with E-state index in [1.165, 1.54) is 36.7 Å². The fourth-order valence-electron chi connectivity index (χ4n) is 3.13. The maximum absolute atomic E-state index is 12.9. The fraction of sp³-hybridized carbons (Fsp3) is 0.174. The van der Waals surface area contributed by atoms with Crippen LogP contribution in [-0.2, 0) is 10.0 Å². The number of hydrogen-bond donors (Lipinski definition) is 2. The Hall–Kier alpha value is -4.12. The van der Waals surface area contributed by atoms with Crippen LogP contribution in [-0.4, -0.2) is 34.4 Å². The van der Waals surface area contributed by atoms with Crippen LogP contribution in [0, 0.1) is 5.92 Å². The average molecular weight is 479 g/mol. The van der Waals surface area contributed by atoms with E-state index in [0.29, 0.717) is 22.6 Å². The quantitative estimate of drug-likeness (QED) is 0.392. The molecule has 1 unspecified atom stereocenters. The van der Waals surface area contributed by atoms with Gasteiger partial charge in [0.05, 0.1) is 10.6 Å². The summed E-state index contributed by atoms with van der Waals surface area (Å²) in [5.41, 5.74) is 1.38. The number of amides is 1. The Kier molecular flexibility index (Phi) is 6.64. The molecule has 0 fully saturated rings. The van der Waals surface area contributed by atoms with E-state index in [1.807, 2.05) is 19.9 Å². The Balaban J connectivity index is 1.48. The van der Waals surface area contributed by atoms with Gasteiger partial charge in [0.15, 0.2) is 0 Å². The molecule has 0 bridgehead atoms. The number of pyridine rings is 2. The molecule has 3 aromatic heterocycles. The number of carbonyl (C=O) groups excluding carboxylic acids is 1. The molecule has 2 N–H and O–H groups in total. The fourth-order valence-corrected chi connectivity index (χ4v) is 4.19. The minimum Gasteiger partial charge on any atom is -0.340 e. The Bertz CT molecular complexity index is 1360. The zero-order valence-corrected chi connectivity index (χ0v) is 19.2. The van der Waals surface area contributed by atoms with E-state index in [2.05, 4.69) is 30.1 Å². The number of nitrogens with one attached hydrogen (secondary N) is 2. The van der Waals surface area contributed by atoms with Crippen molar-refractivity contribution >= 4 is 21.6 Å². The second kappa shape index (κ2) is 9.79. The van der Waals surface area contributed by atoms with Gasteiger partial charge in [0.25, 0.3) is 15.9 Å². The molecule has 1 amide bonds. The average Bonchev–Trinajstić information content (AvgIpc) is 3.33. The van der Waals surface area contributed by atoms with Crippen LogP contribution < -0.4 is 10.0 Å². The molecule has 11 heteroatoms. The van der Waals surface area contributed by atoms with Crippen LogP contribution in [0.5, 0.6) is 0 Å². The van der Waals surface area contributed by atoms with Gasteiger partial charge in [0.1, 0.15) is 6.04 Å². The molecule has 10 nitrogen and oxygen atoms in total. The summed E-state index contributed by atoms with van der Waals surface area (Å²) in [6.45, 7) is 3.83. The first-order valence-corrected chi connectivity index (χ1v) is 11.9. The monoisotopic (exact) mass is 478 g/mol. The molecule has 1 atom stereocenters. The Morgan fingerprint density at radius 1 is 0.971 bits per heavy atom.